The molecule has 0 bridgehead atoms. The van der Waals surface area contributed by atoms with Gasteiger partial charge < -0.3 is 9.13 Å². The number of aromatic nitrogens is 2. The van der Waals surface area contributed by atoms with Crippen molar-refractivity contribution in [2.75, 3.05) is 0 Å². The first-order chi connectivity index (χ1) is 27.2. The molecule has 0 radical (unpaired) electrons. The van der Waals surface area contributed by atoms with Gasteiger partial charge in [0.25, 0.3) is 0 Å². The van der Waals surface area contributed by atoms with E-state index in [0.717, 1.165) is 21.5 Å². The van der Waals surface area contributed by atoms with Crippen LogP contribution in [0.15, 0.2) is 158 Å². The first-order valence-electron chi connectivity index (χ1n) is 17.0. The van der Waals surface area contributed by atoms with E-state index >= 15 is 0 Å². The molecule has 2 nitrogen and oxygen atoms in total. The van der Waals surface area contributed by atoms with Crippen LogP contribution in [0.4, 0.5) is 35.1 Å². The number of nitrogens with zero attached hydrogens (tertiary/aromatic N) is 2. The van der Waals surface area contributed by atoms with Crippen molar-refractivity contribution in [3.8, 4) is 11.4 Å². The van der Waals surface area contributed by atoms with Gasteiger partial charge in [0.2, 0.25) is 0 Å². The molecule has 280 valence electrons. The van der Waals surface area contributed by atoms with Gasteiger partial charge in [0.1, 0.15) is 0 Å². The number of hydrogen-bond acceptors (Lipinski definition) is 0. The third kappa shape index (κ3) is 7.92. The minimum atomic E-state index is -1.55. The molecule has 10 rings (SSSR count). The minimum absolute atomic E-state index is 0. The summed E-state index contributed by atoms with van der Waals surface area (Å²) < 4.78 is 114. The average molecular weight is 807 g/mol. The van der Waals surface area contributed by atoms with E-state index in [0.29, 0.717) is 22.1 Å². The molecule has 0 aliphatic rings. The van der Waals surface area contributed by atoms with E-state index in [9.17, 15) is 35.1 Å². The van der Waals surface area contributed by atoms with Crippen LogP contribution in [0, 0.1) is 58.7 Å². The van der Waals surface area contributed by atoms with Crippen molar-refractivity contribution in [3.05, 3.63) is 216 Å². The fourth-order valence-corrected chi connectivity index (χ4v) is 6.38. The molecule has 0 aliphatic carbocycles. The van der Waals surface area contributed by atoms with E-state index in [1.807, 2.05) is 60.7 Å². The van der Waals surface area contributed by atoms with Crippen LogP contribution in [-0.4, -0.2) is 9.13 Å². The first kappa shape index (κ1) is 40.4. The molecular formula is C46H26F8N2Ti. The van der Waals surface area contributed by atoms with Gasteiger partial charge >= 0.3 is 21.7 Å². The van der Waals surface area contributed by atoms with E-state index in [2.05, 4.69) is 0 Å². The van der Waals surface area contributed by atoms with E-state index < -0.39 is 57.9 Å². The summed E-state index contributed by atoms with van der Waals surface area (Å²) in [5, 5.41) is 2.93. The van der Waals surface area contributed by atoms with Gasteiger partial charge in [0.15, 0.2) is 0 Å². The fourth-order valence-electron chi connectivity index (χ4n) is 6.38. The van der Waals surface area contributed by atoms with E-state index in [4.69, 9.17) is 0 Å². The molecule has 0 N–H and O–H groups in total. The van der Waals surface area contributed by atoms with E-state index in [-0.39, 0.29) is 21.7 Å². The summed E-state index contributed by atoms with van der Waals surface area (Å²) in [4.78, 5) is 0. The van der Waals surface area contributed by atoms with Gasteiger partial charge in [0, 0.05) is 32.9 Å². The molecule has 11 heteroatoms. The minimum Gasteiger partial charge on any atom is -0.327 e. The van der Waals surface area contributed by atoms with Gasteiger partial charge in [-0.1, -0.05) is 72.8 Å². The number of rotatable bonds is 2. The van der Waals surface area contributed by atoms with Gasteiger partial charge in [-0.15, -0.1) is 12.1 Å². The van der Waals surface area contributed by atoms with Crippen molar-refractivity contribution in [2.45, 2.75) is 0 Å². The zero-order valence-electron chi connectivity index (χ0n) is 29.4. The largest absolute Gasteiger partial charge is 4.00 e. The molecule has 0 saturated carbocycles. The standard InChI is InChI=1S/2C18H8F4N.2C5H5.Ti/c2*19-12-9-13(20)17(22)18(16(12)21)23-14-7-3-1-5-10(14)11-6-2-4-8-15(11)23;2*1-2-4-5-3-1;/h2*1-8H;2*1-5H;/q4*-1;+4. The smallest absolute Gasteiger partial charge is 0.327 e. The van der Waals surface area contributed by atoms with Crippen molar-refractivity contribution < 1.29 is 56.8 Å². The summed E-state index contributed by atoms with van der Waals surface area (Å²) in [6, 6.07) is 50.4. The summed E-state index contributed by atoms with van der Waals surface area (Å²) >= 11 is 0. The summed E-state index contributed by atoms with van der Waals surface area (Å²) in [6.07, 6.45) is 0. The predicted molar refractivity (Wildman–Crippen MR) is 203 cm³/mol. The van der Waals surface area contributed by atoms with Crippen LogP contribution in [0.1, 0.15) is 0 Å². The first-order valence-corrected chi connectivity index (χ1v) is 17.0. The van der Waals surface area contributed by atoms with Gasteiger partial charge in [-0.05, 0) is 24.3 Å². The van der Waals surface area contributed by atoms with Crippen LogP contribution in [0.3, 0.4) is 0 Å². The van der Waals surface area contributed by atoms with Crippen LogP contribution >= 0.6 is 0 Å². The van der Waals surface area contributed by atoms with Gasteiger partial charge in [0.05, 0.1) is 68.6 Å². The molecule has 8 aromatic carbocycles. The Balaban J connectivity index is 0.000000152. The van der Waals surface area contributed by atoms with E-state index in [1.54, 1.807) is 97.1 Å². The Morgan fingerprint density at radius 2 is 0.561 bits per heavy atom. The molecule has 0 saturated heterocycles. The zero-order valence-corrected chi connectivity index (χ0v) is 31.0. The Labute approximate surface area is 336 Å². The van der Waals surface area contributed by atoms with E-state index in [1.165, 1.54) is 21.3 Å². The second-order valence-corrected chi connectivity index (χ2v) is 12.1. The SMILES string of the molecule is Fc1[c-]c(F)c(F)c(-n2c3ccccc3c3ccccc32)c1F.Fc1[c-]c(F)c(F)c(-n2c3ccccc3c3ccccc32)c1F.[Ti+4].c1cc[cH-]c1.c1cc[cH-]c1. The molecular weight excluding hydrogens is 780 g/mol. The summed E-state index contributed by atoms with van der Waals surface area (Å²) in [5.74, 6) is -12.1. The number of benzene rings is 6. The quantitative estimate of drug-likeness (QED) is 0.0713. The Morgan fingerprint density at radius 3 is 0.772 bits per heavy atom. The van der Waals surface area contributed by atoms with Crippen LogP contribution < -0.4 is 0 Å². The fraction of sp³-hybridized carbons (Fsp3) is 0. The van der Waals surface area contributed by atoms with Crippen LogP contribution in [0.25, 0.3) is 55.0 Å². The monoisotopic (exact) mass is 806 g/mol. The second kappa shape index (κ2) is 17.7. The third-order valence-electron chi connectivity index (χ3n) is 8.76. The Kier molecular flexibility index (Phi) is 12.6. The molecule has 0 amide bonds. The van der Waals surface area contributed by atoms with Crippen LogP contribution in [0.2, 0.25) is 0 Å². The molecule has 2 aromatic heterocycles. The normalized spacial score (nSPS) is 10.7. The molecule has 57 heavy (non-hydrogen) atoms. The second-order valence-electron chi connectivity index (χ2n) is 12.1. The van der Waals surface area contributed by atoms with Crippen LogP contribution in [0.5, 0.6) is 0 Å². The summed E-state index contributed by atoms with van der Waals surface area (Å²) in [7, 11) is 0. The average Bonchev–Trinajstić information content (AvgIpc) is 4.07. The Bertz CT molecular complexity index is 2520. The summed E-state index contributed by atoms with van der Waals surface area (Å²) in [5.41, 5.74) is 0.258. The van der Waals surface area contributed by atoms with Crippen molar-refractivity contribution in [1.29, 1.82) is 0 Å². The third-order valence-corrected chi connectivity index (χ3v) is 8.76. The van der Waals surface area contributed by atoms with Gasteiger partial charge in [-0.25, -0.2) is 41.8 Å². The number of para-hydroxylation sites is 4. The molecule has 2 heterocycles. The maximum Gasteiger partial charge on any atom is 4.00 e. The molecule has 0 atom stereocenters. The topological polar surface area (TPSA) is 9.86 Å². The maximum atomic E-state index is 14.2. The molecule has 0 fully saturated rings. The molecule has 0 spiro atoms. The maximum absolute atomic E-state index is 14.2. The van der Waals surface area contributed by atoms with Crippen molar-refractivity contribution in [1.82, 2.24) is 9.13 Å². The molecule has 0 unspecified atom stereocenters. The van der Waals surface area contributed by atoms with Crippen molar-refractivity contribution in [3.63, 3.8) is 0 Å². The van der Waals surface area contributed by atoms with Gasteiger partial charge in [-0.2, -0.15) is 36.4 Å². The van der Waals surface area contributed by atoms with Crippen LogP contribution in [-0.2, 0) is 21.7 Å². The summed E-state index contributed by atoms with van der Waals surface area (Å²) in [6.45, 7) is 0. The Hall–Kier alpha value is -6.23. The number of halogens is 8. The number of hydrogen-bond donors (Lipinski definition) is 0. The molecule has 0 aliphatic heterocycles. The predicted octanol–water partition coefficient (Wildman–Crippen LogP) is 13.1. The molecule has 10 aromatic rings. The van der Waals surface area contributed by atoms with Crippen molar-refractivity contribution >= 4 is 43.6 Å². The zero-order chi connectivity index (χ0) is 39.3. The number of fused-ring (bicyclic) bond motifs is 6. The van der Waals surface area contributed by atoms with Gasteiger partial charge in [-0.3, -0.25) is 17.6 Å². The van der Waals surface area contributed by atoms with Crippen molar-refractivity contribution in [2.24, 2.45) is 0 Å². The Morgan fingerprint density at radius 1 is 0.333 bits per heavy atom.